The van der Waals surface area contributed by atoms with E-state index < -0.39 is 0 Å². The lowest BCUT2D eigenvalue weighted by atomic mass is 10.1. The highest BCUT2D eigenvalue weighted by Gasteiger charge is 2.18. The zero-order valence-corrected chi connectivity index (χ0v) is 19.5. The largest absolute Gasteiger partial charge is 0.379 e. The van der Waals surface area contributed by atoms with Crippen LogP contribution >= 0.6 is 11.8 Å². The summed E-state index contributed by atoms with van der Waals surface area (Å²) in [7, 11) is 0. The van der Waals surface area contributed by atoms with Crippen molar-refractivity contribution in [1.29, 1.82) is 0 Å². The Kier molecular flexibility index (Phi) is 10.4. The Balaban J connectivity index is 1.55. The molecule has 0 bridgehead atoms. The van der Waals surface area contributed by atoms with Crippen LogP contribution in [0.5, 0.6) is 0 Å². The Bertz CT molecular complexity index is 764. The zero-order chi connectivity index (χ0) is 21.7. The summed E-state index contributed by atoms with van der Waals surface area (Å²) in [5.41, 5.74) is 1.98. The van der Waals surface area contributed by atoms with Gasteiger partial charge in [0.05, 0.1) is 13.2 Å². The van der Waals surface area contributed by atoms with Gasteiger partial charge in [0.25, 0.3) is 5.91 Å². The summed E-state index contributed by atoms with van der Waals surface area (Å²) in [6, 6.07) is 12.1. The lowest BCUT2D eigenvalue weighted by Crippen LogP contribution is -2.43. The molecule has 1 aromatic heterocycles. The van der Waals surface area contributed by atoms with Crippen molar-refractivity contribution in [2.75, 3.05) is 45.9 Å². The van der Waals surface area contributed by atoms with Gasteiger partial charge in [0, 0.05) is 61.3 Å². The summed E-state index contributed by atoms with van der Waals surface area (Å²) in [5, 5.41) is 0. The third-order valence-electron chi connectivity index (χ3n) is 5.59. The van der Waals surface area contributed by atoms with Crippen LogP contribution in [-0.2, 0) is 10.5 Å². The minimum atomic E-state index is 0.147. The van der Waals surface area contributed by atoms with Crippen molar-refractivity contribution in [3.05, 3.63) is 59.9 Å². The number of amides is 1. The van der Waals surface area contributed by atoms with Gasteiger partial charge in [-0.1, -0.05) is 32.3 Å². The summed E-state index contributed by atoms with van der Waals surface area (Å²) >= 11 is 1.77. The Hall–Kier alpha value is -1.89. The summed E-state index contributed by atoms with van der Waals surface area (Å²) in [4.78, 5) is 23.0. The van der Waals surface area contributed by atoms with Gasteiger partial charge in [-0.2, -0.15) is 0 Å². The molecule has 1 saturated heterocycles. The van der Waals surface area contributed by atoms with E-state index in [9.17, 15) is 4.79 Å². The van der Waals surface area contributed by atoms with E-state index in [1.165, 1.54) is 29.7 Å². The highest BCUT2D eigenvalue weighted by atomic mass is 32.2. The molecule has 2 heterocycles. The number of ether oxygens (including phenoxy) is 1. The molecule has 3 rings (SSSR count). The molecule has 5 nitrogen and oxygen atoms in total. The average molecular weight is 442 g/mol. The van der Waals surface area contributed by atoms with Crippen LogP contribution in [0.25, 0.3) is 0 Å². The van der Waals surface area contributed by atoms with Crippen molar-refractivity contribution in [2.45, 2.75) is 43.3 Å². The van der Waals surface area contributed by atoms with E-state index in [-0.39, 0.29) is 5.91 Å². The molecule has 0 radical (unpaired) electrons. The number of pyridine rings is 1. The van der Waals surface area contributed by atoms with Gasteiger partial charge in [0.2, 0.25) is 0 Å². The molecule has 0 aliphatic carbocycles. The number of hydrogen-bond acceptors (Lipinski definition) is 5. The highest BCUT2D eigenvalue weighted by Crippen LogP contribution is 2.23. The van der Waals surface area contributed by atoms with Crippen molar-refractivity contribution in [3.8, 4) is 0 Å². The lowest BCUT2D eigenvalue weighted by Gasteiger charge is -2.30. The maximum Gasteiger partial charge on any atom is 0.253 e. The predicted octanol–water partition coefficient (Wildman–Crippen LogP) is 4.73. The third-order valence-corrected chi connectivity index (χ3v) is 6.67. The first-order valence-corrected chi connectivity index (χ1v) is 12.5. The Morgan fingerprint density at radius 2 is 1.90 bits per heavy atom. The van der Waals surface area contributed by atoms with Crippen LogP contribution in [0, 0.1) is 0 Å². The fourth-order valence-corrected chi connectivity index (χ4v) is 4.49. The first-order valence-electron chi connectivity index (χ1n) is 11.5. The molecule has 31 heavy (non-hydrogen) atoms. The van der Waals surface area contributed by atoms with Gasteiger partial charge in [-0.15, -0.1) is 11.8 Å². The van der Waals surface area contributed by atoms with Gasteiger partial charge in [0.15, 0.2) is 0 Å². The molecule has 1 aromatic carbocycles. The summed E-state index contributed by atoms with van der Waals surface area (Å²) in [6.07, 6.45) is 8.38. The number of nitrogens with zero attached hydrogens (tertiary/aromatic N) is 3. The van der Waals surface area contributed by atoms with E-state index in [0.717, 1.165) is 63.7 Å². The van der Waals surface area contributed by atoms with E-state index in [0.29, 0.717) is 0 Å². The van der Waals surface area contributed by atoms with Gasteiger partial charge in [-0.05, 0) is 42.3 Å². The first kappa shape index (κ1) is 23.8. The van der Waals surface area contributed by atoms with Gasteiger partial charge in [-0.3, -0.25) is 14.7 Å². The number of benzene rings is 1. The quantitative estimate of drug-likeness (QED) is 0.352. The summed E-state index contributed by atoms with van der Waals surface area (Å²) < 4.78 is 5.45. The molecule has 0 spiro atoms. The van der Waals surface area contributed by atoms with Gasteiger partial charge in [-0.25, -0.2) is 0 Å². The zero-order valence-electron chi connectivity index (χ0n) is 18.7. The molecule has 0 N–H and O–H groups in total. The summed E-state index contributed by atoms with van der Waals surface area (Å²) in [5.74, 6) is 1.03. The van der Waals surface area contributed by atoms with Crippen LogP contribution in [0.2, 0.25) is 0 Å². The standard InChI is InChI=1S/C25H35N3O2S/c1-2-3-4-5-13-28(15-14-27-16-18-30-19-17-27)25(29)23-8-10-24(11-9-23)31-21-22-7-6-12-26-20-22/h6-12,20H,2-5,13-19,21H2,1H3. The van der Waals surface area contributed by atoms with Crippen molar-refractivity contribution in [2.24, 2.45) is 0 Å². The molecule has 168 valence electrons. The van der Waals surface area contributed by atoms with Crippen LogP contribution in [-0.4, -0.2) is 66.6 Å². The maximum atomic E-state index is 13.2. The monoisotopic (exact) mass is 441 g/mol. The lowest BCUT2D eigenvalue weighted by molar-refractivity contribution is 0.0324. The minimum absolute atomic E-state index is 0.147. The van der Waals surface area contributed by atoms with E-state index in [1.807, 2.05) is 29.3 Å². The number of hydrogen-bond donors (Lipinski definition) is 0. The van der Waals surface area contributed by atoms with Crippen molar-refractivity contribution in [1.82, 2.24) is 14.8 Å². The number of carbonyl (C=O) groups is 1. The fourth-order valence-electron chi connectivity index (χ4n) is 3.66. The van der Waals surface area contributed by atoms with Crippen LogP contribution in [0.4, 0.5) is 0 Å². The number of carbonyl (C=O) groups excluding carboxylic acids is 1. The average Bonchev–Trinajstić information content (AvgIpc) is 2.83. The number of aromatic nitrogens is 1. The Morgan fingerprint density at radius 1 is 1.10 bits per heavy atom. The fraction of sp³-hybridized carbons (Fsp3) is 0.520. The number of morpholine rings is 1. The van der Waals surface area contributed by atoms with Gasteiger partial charge in [0.1, 0.15) is 0 Å². The second kappa shape index (κ2) is 13.5. The van der Waals surface area contributed by atoms with E-state index in [4.69, 9.17) is 4.74 Å². The third kappa shape index (κ3) is 8.28. The van der Waals surface area contributed by atoms with Gasteiger partial charge < -0.3 is 9.64 Å². The predicted molar refractivity (Wildman–Crippen MR) is 128 cm³/mol. The number of rotatable bonds is 12. The van der Waals surface area contributed by atoms with E-state index in [1.54, 1.807) is 18.0 Å². The topological polar surface area (TPSA) is 45.7 Å². The van der Waals surface area contributed by atoms with Crippen LogP contribution < -0.4 is 0 Å². The minimum Gasteiger partial charge on any atom is -0.379 e. The molecule has 1 aliphatic heterocycles. The van der Waals surface area contributed by atoms with Crippen molar-refractivity contribution in [3.63, 3.8) is 0 Å². The highest BCUT2D eigenvalue weighted by molar-refractivity contribution is 7.98. The van der Waals surface area contributed by atoms with Crippen molar-refractivity contribution >= 4 is 17.7 Å². The van der Waals surface area contributed by atoms with Crippen LogP contribution in [0.15, 0.2) is 53.7 Å². The second-order valence-corrected chi connectivity index (χ2v) is 9.03. The Labute approximate surface area is 191 Å². The van der Waals surface area contributed by atoms with E-state index >= 15 is 0 Å². The molecule has 0 atom stereocenters. The molecular weight excluding hydrogens is 406 g/mol. The molecule has 1 amide bonds. The molecular formula is C25H35N3O2S. The molecule has 1 aliphatic rings. The number of unbranched alkanes of at least 4 members (excludes halogenated alkanes) is 3. The molecule has 1 fully saturated rings. The second-order valence-electron chi connectivity index (χ2n) is 7.98. The summed E-state index contributed by atoms with van der Waals surface area (Å²) in [6.45, 7) is 8.26. The SMILES string of the molecule is CCCCCCN(CCN1CCOCC1)C(=O)c1ccc(SCc2cccnc2)cc1. The molecule has 2 aromatic rings. The molecule has 0 saturated carbocycles. The normalized spacial score (nSPS) is 14.5. The molecule has 0 unspecified atom stereocenters. The van der Waals surface area contributed by atoms with Crippen LogP contribution in [0.3, 0.4) is 0 Å². The smallest absolute Gasteiger partial charge is 0.253 e. The van der Waals surface area contributed by atoms with E-state index in [2.05, 4.69) is 35.0 Å². The first-order chi connectivity index (χ1) is 15.3. The van der Waals surface area contributed by atoms with Crippen LogP contribution in [0.1, 0.15) is 48.5 Å². The Morgan fingerprint density at radius 3 is 2.61 bits per heavy atom. The maximum absolute atomic E-state index is 13.2. The van der Waals surface area contributed by atoms with Crippen molar-refractivity contribution < 1.29 is 9.53 Å². The molecule has 6 heteroatoms. The van der Waals surface area contributed by atoms with Gasteiger partial charge >= 0.3 is 0 Å². The number of thioether (sulfide) groups is 1.